The molecule has 0 bridgehead atoms. The van der Waals surface area contributed by atoms with Crippen LogP contribution in [0.25, 0.3) is 0 Å². The van der Waals surface area contributed by atoms with E-state index in [-0.39, 0.29) is 18.4 Å². The summed E-state index contributed by atoms with van der Waals surface area (Å²) in [5.74, 6) is 0.771. The van der Waals surface area contributed by atoms with Crippen LogP contribution in [0.2, 0.25) is 0 Å². The summed E-state index contributed by atoms with van der Waals surface area (Å²) in [6.07, 6.45) is 4.19. The van der Waals surface area contributed by atoms with Gasteiger partial charge in [0.05, 0.1) is 0 Å². The summed E-state index contributed by atoms with van der Waals surface area (Å²) in [5, 5.41) is 6.02. The second-order valence-electron chi connectivity index (χ2n) is 5.27. The average molecular weight is 380 g/mol. The highest BCUT2D eigenvalue weighted by Gasteiger charge is 2.21. The predicted octanol–water partition coefficient (Wildman–Crippen LogP) is 2.71. The third-order valence-electron chi connectivity index (χ3n) is 3.23. The summed E-state index contributed by atoms with van der Waals surface area (Å²) in [6.45, 7) is 1.78. The van der Waals surface area contributed by atoms with E-state index in [0.29, 0.717) is 17.3 Å². The van der Waals surface area contributed by atoms with Crippen molar-refractivity contribution in [2.45, 2.75) is 19.4 Å². The van der Waals surface area contributed by atoms with Gasteiger partial charge in [-0.1, -0.05) is 18.2 Å². The third-order valence-corrected chi connectivity index (χ3v) is 4.70. The van der Waals surface area contributed by atoms with Crippen molar-refractivity contribution >= 4 is 40.0 Å². The van der Waals surface area contributed by atoms with E-state index in [1.807, 2.05) is 31.4 Å². The molecule has 0 fully saturated rings. The molecular weight excluding hydrogens is 358 g/mol. The maximum atomic E-state index is 12.4. The highest BCUT2D eigenvalue weighted by atomic mass is 32.2. The van der Waals surface area contributed by atoms with Crippen molar-refractivity contribution < 1.29 is 14.3 Å². The van der Waals surface area contributed by atoms with Crippen LogP contribution in [-0.4, -0.2) is 41.5 Å². The molecule has 2 amide bonds. The Morgan fingerprint density at radius 1 is 1.32 bits per heavy atom. The second kappa shape index (κ2) is 10.0. The van der Waals surface area contributed by atoms with Crippen LogP contribution in [0.15, 0.2) is 36.5 Å². The molecule has 2 N–H and O–H groups in total. The Bertz CT molecular complexity index is 691. The average Bonchev–Trinajstić information content (AvgIpc) is 3.02. The number of anilines is 1. The number of carbonyl (C=O) groups excluding carboxylic acids is 2. The van der Waals surface area contributed by atoms with Gasteiger partial charge in [0.1, 0.15) is 11.8 Å². The SMILES string of the molecule is CSCCC(NC(=O)COc1ccccc1)C(=O)Nc1ncc(C)s1. The molecule has 6 nitrogen and oxygen atoms in total. The van der Waals surface area contributed by atoms with Gasteiger partial charge < -0.3 is 15.4 Å². The monoisotopic (exact) mass is 379 g/mol. The summed E-state index contributed by atoms with van der Waals surface area (Å²) in [5.41, 5.74) is 0. The van der Waals surface area contributed by atoms with Crippen LogP contribution < -0.4 is 15.4 Å². The van der Waals surface area contributed by atoms with Gasteiger partial charge in [-0.25, -0.2) is 4.98 Å². The van der Waals surface area contributed by atoms with E-state index in [0.717, 1.165) is 10.6 Å². The minimum Gasteiger partial charge on any atom is -0.484 e. The van der Waals surface area contributed by atoms with Crippen LogP contribution in [-0.2, 0) is 9.59 Å². The maximum absolute atomic E-state index is 12.4. The molecule has 0 saturated carbocycles. The molecule has 25 heavy (non-hydrogen) atoms. The van der Waals surface area contributed by atoms with Crippen LogP contribution in [0, 0.1) is 6.92 Å². The minimum absolute atomic E-state index is 0.135. The Labute approximate surface area is 155 Å². The zero-order valence-electron chi connectivity index (χ0n) is 14.2. The van der Waals surface area contributed by atoms with Gasteiger partial charge in [0.15, 0.2) is 11.7 Å². The smallest absolute Gasteiger partial charge is 0.258 e. The number of benzene rings is 1. The van der Waals surface area contributed by atoms with Gasteiger partial charge in [0, 0.05) is 11.1 Å². The number of nitrogens with zero attached hydrogens (tertiary/aromatic N) is 1. The molecule has 8 heteroatoms. The number of para-hydroxylation sites is 1. The molecule has 1 heterocycles. The topological polar surface area (TPSA) is 80.3 Å². The molecule has 134 valence electrons. The van der Waals surface area contributed by atoms with Crippen LogP contribution in [0.5, 0.6) is 5.75 Å². The molecule has 0 saturated heterocycles. The summed E-state index contributed by atoms with van der Waals surface area (Å²) >= 11 is 3.02. The van der Waals surface area contributed by atoms with Crippen LogP contribution in [0.4, 0.5) is 5.13 Å². The Kier molecular flexibility index (Phi) is 7.75. The van der Waals surface area contributed by atoms with E-state index < -0.39 is 6.04 Å². The molecule has 2 aromatic rings. The standard InChI is InChI=1S/C17H21N3O3S2/c1-12-10-18-17(25-12)20-16(22)14(8-9-24-2)19-15(21)11-23-13-6-4-3-5-7-13/h3-7,10,14H,8-9,11H2,1-2H3,(H,19,21)(H,18,20,22). The summed E-state index contributed by atoms with van der Waals surface area (Å²) in [7, 11) is 0. The fourth-order valence-corrected chi connectivity index (χ4v) is 3.15. The van der Waals surface area contributed by atoms with Gasteiger partial charge in [-0.15, -0.1) is 11.3 Å². The lowest BCUT2D eigenvalue weighted by molar-refractivity contribution is -0.127. The van der Waals surface area contributed by atoms with Crippen molar-refractivity contribution in [2.75, 3.05) is 23.9 Å². The molecule has 1 atom stereocenters. The molecule has 1 aromatic carbocycles. The first-order valence-corrected chi connectivity index (χ1v) is 9.99. The number of nitrogens with one attached hydrogen (secondary N) is 2. The lowest BCUT2D eigenvalue weighted by atomic mass is 10.2. The zero-order chi connectivity index (χ0) is 18.1. The first-order chi connectivity index (χ1) is 12.1. The van der Waals surface area contributed by atoms with E-state index in [1.165, 1.54) is 11.3 Å². The minimum atomic E-state index is -0.622. The van der Waals surface area contributed by atoms with Gasteiger partial charge in [-0.3, -0.25) is 9.59 Å². The first-order valence-electron chi connectivity index (χ1n) is 7.78. The molecule has 0 aliphatic rings. The normalized spacial score (nSPS) is 11.6. The summed E-state index contributed by atoms with van der Waals surface area (Å²) in [4.78, 5) is 29.7. The van der Waals surface area contributed by atoms with Crippen molar-refractivity contribution in [2.24, 2.45) is 0 Å². The number of rotatable bonds is 9. The second-order valence-corrected chi connectivity index (χ2v) is 7.49. The van der Waals surface area contributed by atoms with E-state index in [9.17, 15) is 9.59 Å². The van der Waals surface area contributed by atoms with Crippen LogP contribution in [0.3, 0.4) is 0 Å². The van der Waals surface area contributed by atoms with E-state index in [1.54, 1.807) is 30.1 Å². The number of thiazole rings is 1. The van der Waals surface area contributed by atoms with Gasteiger partial charge in [-0.05, 0) is 37.5 Å². The largest absolute Gasteiger partial charge is 0.484 e. The molecule has 0 aliphatic heterocycles. The molecule has 0 aliphatic carbocycles. The Morgan fingerprint density at radius 2 is 2.08 bits per heavy atom. The molecule has 2 rings (SSSR count). The lowest BCUT2D eigenvalue weighted by Gasteiger charge is -2.17. The summed E-state index contributed by atoms with van der Waals surface area (Å²) in [6, 6.07) is 8.46. The molecule has 0 radical (unpaired) electrons. The zero-order valence-corrected chi connectivity index (χ0v) is 15.8. The van der Waals surface area contributed by atoms with Gasteiger partial charge in [0.2, 0.25) is 5.91 Å². The molecule has 1 aromatic heterocycles. The molecule has 0 spiro atoms. The third kappa shape index (κ3) is 6.75. The fraction of sp³-hybridized carbons (Fsp3) is 0.353. The van der Waals surface area contributed by atoms with Crippen molar-refractivity contribution in [3.05, 3.63) is 41.4 Å². The number of carbonyl (C=O) groups is 2. The Hall–Kier alpha value is -2.06. The van der Waals surface area contributed by atoms with Crippen molar-refractivity contribution in [3.8, 4) is 5.75 Å². The van der Waals surface area contributed by atoms with E-state index in [2.05, 4.69) is 15.6 Å². The maximum Gasteiger partial charge on any atom is 0.258 e. The van der Waals surface area contributed by atoms with Crippen LogP contribution >= 0.6 is 23.1 Å². The number of thioether (sulfide) groups is 1. The van der Waals surface area contributed by atoms with Gasteiger partial charge >= 0.3 is 0 Å². The number of aryl methyl sites for hydroxylation is 1. The highest BCUT2D eigenvalue weighted by Crippen LogP contribution is 2.17. The van der Waals surface area contributed by atoms with E-state index in [4.69, 9.17) is 4.74 Å². The number of hydrogen-bond donors (Lipinski definition) is 2. The number of amides is 2. The Morgan fingerprint density at radius 3 is 2.72 bits per heavy atom. The van der Waals surface area contributed by atoms with Crippen molar-refractivity contribution in [3.63, 3.8) is 0 Å². The van der Waals surface area contributed by atoms with E-state index >= 15 is 0 Å². The summed E-state index contributed by atoms with van der Waals surface area (Å²) < 4.78 is 5.42. The van der Waals surface area contributed by atoms with Gasteiger partial charge in [-0.2, -0.15) is 11.8 Å². The van der Waals surface area contributed by atoms with Crippen molar-refractivity contribution in [1.29, 1.82) is 0 Å². The first kappa shape index (κ1) is 19.3. The number of aromatic nitrogens is 1. The molecule has 1 unspecified atom stereocenters. The Balaban J connectivity index is 1.89. The highest BCUT2D eigenvalue weighted by molar-refractivity contribution is 7.98. The van der Waals surface area contributed by atoms with Gasteiger partial charge in [0.25, 0.3) is 5.91 Å². The van der Waals surface area contributed by atoms with Crippen LogP contribution in [0.1, 0.15) is 11.3 Å². The lowest BCUT2D eigenvalue weighted by Crippen LogP contribution is -2.45. The number of ether oxygens (including phenoxy) is 1. The fourth-order valence-electron chi connectivity index (χ4n) is 2.01. The molecular formula is C17H21N3O3S2. The predicted molar refractivity (Wildman–Crippen MR) is 102 cm³/mol. The number of hydrogen-bond acceptors (Lipinski definition) is 6. The van der Waals surface area contributed by atoms with Crippen molar-refractivity contribution in [1.82, 2.24) is 10.3 Å². The quantitative estimate of drug-likeness (QED) is 0.700.